The number of hydrogen-bond acceptors (Lipinski definition) is 3. The summed E-state index contributed by atoms with van der Waals surface area (Å²) >= 11 is 0. The first-order valence-corrected chi connectivity index (χ1v) is 6.08. The number of hydrogen-bond donors (Lipinski definition) is 1. The van der Waals surface area contributed by atoms with Crippen molar-refractivity contribution >= 4 is 5.69 Å². The maximum atomic E-state index is 13.5. The number of para-hydroxylation sites is 1. The number of benzene rings is 2. The zero-order valence-electron chi connectivity index (χ0n) is 10.9. The summed E-state index contributed by atoms with van der Waals surface area (Å²) in [5.41, 5.74) is 0.515. The second kappa shape index (κ2) is 6.66. The fourth-order valence-corrected chi connectivity index (χ4v) is 1.75. The quantitative estimate of drug-likeness (QED) is 0.856. The lowest BCUT2D eigenvalue weighted by Gasteiger charge is -2.12. The number of ether oxygens (including phenoxy) is 1. The third-order valence-corrected chi connectivity index (χ3v) is 2.74. The number of rotatable bonds is 5. The smallest absolute Gasteiger partial charge is 0.174 e. The van der Waals surface area contributed by atoms with Crippen LogP contribution < -0.4 is 10.1 Å². The van der Waals surface area contributed by atoms with Crippen LogP contribution in [0.4, 0.5) is 18.9 Å². The molecule has 21 heavy (non-hydrogen) atoms. The summed E-state index contributed by atoms with van der Waals surface area (Å²) in [5, 5.41) is 11.2. The van der Waals surface area contributed by atoms with Gasteiger partial charge in [-0.3, -0.25) is 0 Å². The van der Waals surface area contributed by atoms with Crippen LogP contribution in [-0.4, -0.2) is 6.61 Å². The van der Waals surface area contributed by atoms with Crippen molar-refractivity contribution in [3.63, 3.8) is 0 Å². The van der Waals surface area contributed by atoms with E-state index in [1.807, 2.05) is 6.07 Å². The zero-order valence-corrected chi connectivity index (χ0v) is 10.9. The largest absolute Gasteiger partial charge is 0.478 e. The topological polar surface area (TPSA) is 45.0 Å². The monoisotopic (exact) mass is 292 g/mol. The molecule has 6 heteroatoms. The lowest BCUT2D eigenvalue weighted by molar-refractivity contribution is 0.364. The fraction of sp³-hybridized carbons (Fsp3) is 0.133. The highest BCUT2D eigenvalue weighted by Crippen LogP contribution is 2.22. The number of halogens is 3. The van der Waals surface area contributed by atoms with E-state index >= 15 is 0 Å². The molecule has 0 heterocycles. The predicted molar refractivity (Wildman–Crippen MR) is 71.2 cm³/mol. The molecule has 0 atom stereocenters. The number of nitrogens with one attached hydrogen (secondary N) is 1. The minimum Gasteiger partial charge on any atom is -0.478 e. The Morgan fingerprint density at radius 1 is 1.05 bits per heavy atom. The Balaban J connectivity index is 2.13. The first-order valence-electron chi connectivity index (χ1n) is 6.08. The van der Waals surface area contributed by atoms with Crippen molar-refractivity contribution in [3.05, 3.63) is 59.4 Å². The lowest BCUT2D eigenvalue weighted by Crippen LogP contribution is -2.05. The third kappa shape index (κ3) is 3.66. The molecular weight excluding hydrogens is 281 g/mol. The van der Waals surface area contributed by atoms with Crippen LogP contribution in [0.3, 0.4) is 0 Å². The first kappa shape index (κ1) is 14.7. The molecule has 2 aromatic carbocycles. The normalized spacial score (nSPS) is 10.0. The summed E-state index contributed by atoms with van der Waals surface area (Å²) in [4.78, 5) is 0. The second-order valence-electron chi connectivity index (χ2n) is 4.15. The van der Waals surface area contributed by atoms with Gasteiger partial charge in [-0.15, -0.1) is 0 Å². The first-order chi connectivity index (χ1) is 10.1. The van der Waals surface area contributed by atoms with Gasteiger partial charge in [0.2, 0.25) is 0 Å². The fourth-order valence-electron chi connectivity index (χ4n) is 1.75. The Bertz CT molecular complexity index is 683. The molecule has 0 saturated heterocycles. The van der Waals surface area contributed by atoms with Crippen molar-refractivity contribution in [2.75, 3.05) is 11.9 Å². The molecule has 0 unspecified atom stereocenters. The van der Waals surface area contributed by atoms with Gasteiger partial charge in [0.25, 0.3) is 0 Å². The van der Waals surface area contributed by atoms with E-state index in [2.05, 4.69) is 5.32 Å². The van der Waals surface area contributed by atoms with Crippen molar-refractivity contribution in [3.8, 4) is 11.8 Å². The molecule has 0 fully saturated rings. The van der Waals surface area contributed by atoms with Crippen LogP contribution in [0.15, 0.2) is 36.4 Å². The molecule has 0 bridgehead atoms. The summed E-state index contributed by atoms with van der Waals surface area (Å²) in [6.45, 7) is 0.0279. The number of anilines is 1. The summed E-state index contributed by atoms with van der Waals surface area (Å²) in [6, 6.07) is 9.94. The van der Waals surface area contributed by atoms with E-state index in [-0.39, 0.29) is 18.8 Å². The molecule has 2 rings (SSSR count). The molecule has 0 aliphatic carbocycles. The molecular formula is C15H11F3N2O. The second-order valence-corrected chi connectivity index (χ2v) is 4.15. The van der Waals surface area contributed by atoms with Crippen LogP contribution in [0.2, 0.25) is 0 Å². The third-order valence-electron chi connectivity index (χ3n) is 2.74. The molecule has 0 aromatic heterocycles. The summed E-state index contributed by atoms with van der Waals surface area (Å²) < 4.78 is 44.6. The summed E-state index contributed by atoms with van der Waals surface area (Å²) in [7, 11) is 0. The van der Waals surface area contributed by atoms with Gasteiger partial charge in [0.15, 0.2) is 18.2 Å². The van der Waals surface area contributed by atoms with Crippen LogP contribution in [0, 0.1) is 28.8 Å². The molecule has 108 valence electrons. The van der Waals surface area contributed by atoms with Gasteiger partial charge in [-0.25, -0.2) is 13.2 Å². The Kier molecular flexibility index (Phi) is 4.67. The Morgan fingerprint density at radius 3 is 2.52 bits per heavy atom. The van der Waals surface area contributed by atoms with Gasteiger partial charge in [0.1, 0.15) is 17.6 Å². The molecule has 0 aliphatic rings. The van der Waals surface area contributed by atoms with Crippen LogP contribution >= 0.6 is 0 Å². The maximum absolute atomic E-state index is 13.5. The van der Waals surface area contributed by atoms with E-state index < -0.39 is 17.5 Å². The summed E-state index contributed by atoms with van der Waals surface area (Å²) in [5.74, 6) is -2.79. The Hall–Kier alpha value is -2.68. The van der Waals surface area contributed by atoms with Crippen LogP contribution in [0.25, 0.3) is 0 Å². The van der Waals surface area contributed by atoms with Crippen molar-refractivity contribution in [2.24, 2.45) is 0 Å². The molecule has 1 N–H and O–H groups in total. The molecule has 0 radical (unpaired) electrons. The average Bonchev–Trinajstić information content (AvgIpc) is 2.48. The highest BCUT2D eigenvalue weighted by Gasteiger charge is 2.10. The van der Waals surface area contributed by atoms with Crippen LogP contribution in [-0.2, 0) is 6.54 Å². The van der Waals surface area contributed by atoms with Gasteiger partial charge in [-0.05, 0) is 6.07 Å². The van der Waals surface area contributed by atoms with Gasteiger partial charge >= 0.3 is 0 Å². The van der Waals surface area contributed by atoms with Gasteiger partial charge in [0, 0.05) is 24.2 Å². The van der Waals surface area contributed by atoms with E-state index in [1.54, 1.807) is 24.3 Å². The van der Waals surface area contributed by atoms with E-state index in [9.17, 15) is 13.2 Å². The molecule has 0 saturated carbocycles. The maximum Gasteiger partial charge on any atom is 0.174 e. The Morgan fingerprint density at radius 2 is 1.76 bits per heavy atom. The number of nitriles is 1. The van der Waals surface area contributed by atoms with Crippen LogP contribution in [0.5, 0.6) is 5.75 Å². The van der Waals surface area contributed by atoms with E-state index in [0.717, 1.165) is 6.07 Å². The van der Waals surface area contributed by atoms with Gasteiger partial charge in [-0.1, -0.05) is 18.2 Å². The minimum absolute atomic E-state index is 0.115. The number of nitrogens with zero attached hydrogens (tertiary/aromatic N) is 1. The molecule has 0 aliphatic heterocycles. The highest BCUT2D eigenvalue weighted by atomic mass is 19.2. The van der Waals surface area contributed by atoms with Gasteiger partial charge < -0.3 is 10.1 Å². The van der Waals surface area contributed by atoms with Crippen molar-refractivity contribution in [1.82, 2.24) is 0 Å². The standard InChI is InChI=1S/C15H11F3N2O/c16-11-7-13(18)14(8-12(11)17)20-9-10-3-1-2-4-15(10)21-6-5-19/h1-4,7-8,20H,6,9H2. The SMILES string of the molecule is N#CCOc1ccccc1CNc1cc(F)c(F)cc1F. The van der Waals surface area contributed by atoms with Crippen LogP contribution in [0.1, 0.15) is 5.56 Å². The van der Waals surface area contributed by atoms with E-state index in [4.69, 9.17) is 10.00 Å². The van der Waals surface area contributed by atoms with Gasteiger partial charge in [0.05, 0.1) is 5.69 Å². The van der Waals surface area contributed by atoms with Crippen molar-refractivity contribution in [2.45, 2.75) is 6.54 Å². The minimum atomic E-state index is -1.24. The molecule has 2 aromatic rings. The average molecular weight is 292 g/mol. The highest BCUT2D eigenvalue weighted by molar-refractivity contribution is 5.47. The summed E-state index contributed by atoms with van der Waals surface area (Å²) in [6.07, 6.45) is 0. The predicted octanol–water partition coefficient (Wildman–Crippen LogP) is 3.62. The van der Waals surface area contributed by atoms with Gasteiger partial charge in [-0.2, -0.15) is 5.26 Å². The zero-order chi connectivity index (χ0) is 15.2. The lowest BCUT2D eigenvalue weighted by atomic mass is 10.2. The van der Waals surface area contributed by atoms with Crippen molar-refractivity contribution < 1.29 is 17.9 Å². The van der Waals surface area contributed by atoms with E-state index in [1.165, 1.54) is 0 Å². The van der Waals surface area contributed by atoms with Crippen molar-refractivity contribution in [1.29, 1.82) is 5.26 Å². The molecule has 0 spiro atoms. The van der Waals surface area contributed by atoms with E-state index in [0.29, 0.717) is 17.4 Å². The Labute approximate surface area is 119 Å². The molecule has 0 amide bonds. The molecule has 3 nitrogen and oxygen atoms in total.